The molecule has 0 aromatic heterocycles. The highest BCUT2D eigenvalue weighted by molar-refractivity contribution is 5.91. The van der Waals surface area contributed by atoms with Crippen LogP contribution in [0.4, 0.5) is 0 Å². The van der Waals surface area contributed by atoms with Gasteiger partial charge >= 0.3 is 0 Å². The van der Waals surface area contributed by atoms with Gasteiger partial charge in [-0.2, -0.15) is 0 Å². The smallest absolute Gasteiger partial charge is 0.246 e. The molecule has 0 N–H and O–H groups in total. The fraction of sp³-hybridized carbons (Fsp3) is 0.409. The van der Waals surface area contributed by atoms with Gasteiger partial charge in [0.1, 0.15) is 12.2 Å². The van der Waals surface area contributed by atoms with Crippen molar-refractivity contribution in [2.24, 2.45) is 0 Å². The van der Waals surface area contributed by atoms with E-state index < -0.39 is 12.2 Å². The summed E-state index contributed by atoms with van der Waals surface area (Å²) in [6.07, 6.45) is 8.80. The third-order valence-corrected chi connectivity index (χ3v) is 5.86. The summed E-state index contributed by atoms with van der Waals surface area (Å²) in [6.45, 7) is 0.938. The van der Waals surface area contributed by atoms with Gasteiger partial charge in [-0.25, -0.2) is 5.01 Å². The number of rotatable bonds is 5. The highest BCUT2D eigenvalue weighted by Crippen LogP contribution is 2.28. The van der Waals surface area contributed by atoms with Crippen LogP contribution in [-0.4, -0.2) is 76.9 Å². The molecule has 152 valence electrons. The molecular formula is C22H26N4O3. The number of allylic oxidation sites excluding steroid dienone is 3. The van der Waals surface area contributed by atoms with Gasteiger partial charge < -0.3 is 9.80 Å². The minimum Gasteiger partial charge on any atom is -0.333 e. The number of hydrazine groups is 1. The summed E-state index contributed by atoms with van der Waals surface area (Å²) >= 11 is 0. The van der Waals surface area contributed by atoms with Crippen molar-refractivity contribution >= 4 is 18.2 Å². The Morgan fingerprint density at radius 2 is 1.97 bits per heavy atom. The van der Waals surface area contributed by atoms with E-state index in [1.165, 1.54) is 10.6 Å². The fourth-order valence-corrected chi connectivity index (χ4v) is 4.40. The van der Waals surface area contributed by atoms with Gasteiger partial charge in [-0.05, 0) is 18.4 Å². The summed E-state index contributed by atoms with van der Waals surface area (Å²) < 4.78 is 0. The molecule has 3 amide bonds. The van der Waals surface area contributed by atoms with Crippen molar-refractivity contribution in [3.63, 3.8) is 0 Å². The Labute approximate surface area is 170 Å². The Balaban J connectivity index is 1.66. The quantitative estimate of drug-likeness (QED) is 0.704. The molecule has 0 bridgehead atoms. The summed E-state index contributed by atoms with van der Waals surface area (Å²) in [5, 5.41) is 3.17. The number of likely N-dealkylation sites (N-methyl/N-ethyl adjacent to an activating group) is 1. The van der Waals surface area contributed by atoms with Crippen LogP contribution < -0.4 is 0 Å². The van der Waals surface area contributed by atoms with Crippen LogP contribution in [0.3, 0.4) is 0 Å². The second-order valence-corrected chi connectivity index (χ2v) is 7.80. The predicted octanol–water partition coefficient (Wildman–Crippen LogP) is 1.19. The number of carbonyl (C=O) groups is 3. The van der Waals surface area contributed by atoms with E-state index >= 15 is 0 Å². The van der Waals surface area contributed by atoms with Gasteiger partial charge in [0.05, 0.1) is 13.1 Å². The van der Waals surface area contributed by atoms with Gasteiger partial charge in [-0.1, -0.05) is 54.1 Å². The molecule has 2 atom stereocenters. The summed E-state index contributed by atoms with van der Waals surface area (Å²) in [7, 11) is 1.73. The van der Waals surface area contributed by atoms with Crippen molar-refractivity contribution in [1.29, 1.82) is 0 Å². The molecule has 1 aromatic rings. The second kappa shape index (κ2) is 8.21. The molecule has 3 aliphatic rings. The molecule has 1 aliphatic carbocycles. The first-order valence-electron chi connectivity index (χ1n) is 10.0. The van der Waals surface area contributed by atoms with Gasteiger partial charge in [-0.3, -0.25) is 19.4 Å². The maximum Gasteiger partial charge on any atom is 0.246 e. The zero-order chi connectivity index (χ0) is 20.4. The lowest BCUT2D eigenvalue weighted by molar-refractivity contribution is -0.195. The molecule has 4 rings (SSSR count). The van der Waals surface area contributed by atoms with Gasteiger partial charge in [0, 0.05) is 20.0 Å². The first-order chi connectivity index (χ1) is 14.1. The van der Waals surface area contributed by atoms with Crippen molar-refractivity contribution < 1.29 is 14.4 Å². The molecule has 1 unspecified atom stereocenters. The normalized spacial score (nSPS) is 25.1. The number of piperazine rings is 1. The lowest BCUT2D eigenvalue weighted by Gasteiger charge is -2.53. The Bertz CT molecular complexity index is 851. The molecule has 2 aliphatic heterocycles. The van der Waals surface area contributed by atoms with Crippen molar-refractivity contribution in [3.8, 4) is 0 Å². The van der Waals surface area contributed by atoms with Crippen LogP contribution >= 0.6 is 0 Å². The standard InChI is InChI=1S/C22H26N4O3/c1-23-15-21(28)26-19(12-17-8-4-2-5-9-17)22(29)24(14-20(26)25(23)16-27)13-18-10-6-3-7-11-18/h2-6,8-10,16,19-20H,7,11-15H2,1H3/t19-,20?/m0/s1. The second-order valence-electron chi connectivity index (χ2n) is 7.80. The maximum atomic E-state index is 13.4. The van der Waals surface area contributed by atoms with Crippen LogP contribution in [0.1, 0.15) is 18.4 Å². The Hall–Kier alpha value is -2.93. The predicted molar refractivity (Wildman–Crippen MR) is 108 cm³/mol. The fourth-order valence-electron chi connectivity index (χ4n) is 4.40. The van der Waals surface area contributed by atoms with Crippen LogP contribution in [0.15, 0.2) is 54.1 Å². The van der Waals surface area contributed by atoms with Crippen LogP contribution in [0.2, 0.25) is 0 Å². The summed E-state index contributed by atoms with van der Waals surface area (Å²) in [5.41, 5.74) is 2.19. The molecule has 29 heavy (non-hydrogen) atoms. The summed E-state index contributed by atoms with van der Waals surface area (Å²) in [6, 6.07) is 9.11. The van der Waals surface area contributed by atoms with Crippen molar-refractivity contribution in [1.82, 2.24) is 19.8 Å². The molecule has 2 heterocycles. The Kier molecular flexibility index (Phi) is 5.49. The number of hydrogen-bond donors (Lipinski definition) is 0. The minimum absolute atomic E-state index is 0.0516. The third-order valence-electron chi connectivity index (χ3n) is 5.86. The molecule has 0 radical (unpaired) electrons. The lowest BCUT2D eigenvalue weighted by Crippen LogP contribution is -2.74. The van der Waals surface area contributed by atoms with E-state index in [4.69, 9.17) is 0 Å². The average Bonchev–Trinajstić information content (AvgIpc) is 2.72. The molecular weight excluding hydrogens is 368 g/mol. The molecule has 7 heteroatoms. The van der Waals surface area contributed by atoms with Crippen molar-refractivity contribution in [3.05, 3.63) is 59.7 Å². The van der Waals surface area contributed by atoms with Crippen LogP contribution in [-0.2, 0) is 20.8 Å². The minimum atomic E-state index is -0.612. The highest BCUT2D eigenvalue weighted by atomic mass is 16.2. The first kappa shape index (κ1) is 19.4. The third kappa shape index (κ3) is 3.82. The zero-order valence-electron chi connectivity index (χ0n) is 16.6. The number of fused-ring (bicyclic) bond motifs is 1. The first-order valence-corrected chi connectivity index (χ1v) is 10.0. The maximum absolute atomic E-state index is 13.4. The van der Waals surface area contributed by atoms with Gasteiger partial charge in [-0.15, -0.1) is 0 Å². The van der Waals surface area contributed by atoms with Crippen LogP contribution in [0.5, 0.6) is 0 Å². The Morgan fingerprint density at radius 3 is 2.66 bits per heavy atom. The van der Waals surface area contributed by atoms with Crippen LogP contribution in [0, 0.1) is 0 Å². The van der Waals surface area contributed by atoms with E-state index in [1.54, 1.807) is 17.0 Å². The van der Waals surface area contributed by atoms with E-state index in [0.717, 1.165) is 24.8 Å². The molecule has 7 nitrogen and oxygen atoms in total. The van der Waals surface area contributed by atoms with Gasteiger partial charge in [0.15, 0.2) is 0 Å². The molecule has 1 aromatic carbocycles. The summed E-state index contributed by atoms with van der Waals surface area (Å²) in [4.78, 5) is 41.6. The van der Waals surface area contributed by atoms with Crippen molar-refractivity contribution in [2.45, 2.75) is 31.5 Å². The Morgan fingerprint density at radius 1 is 1.17 bits per heavy atom. The van der Waals surface area contributed by atoms with Crippen molar-refractivity contribution in [2.75, 3.05) is 26.7 Å². The molecule has 2 saturated heterocycles. The largest absolute Gasteiger partial charge is 0.333 e. The number of hydrogen-bond acceptors (Lipinski definition) is 4. The lowest BCUT2D eigenvalue weighted by atomic mass is 9.97. The van der Waals surface area contributed by atoms with Gasteiger partial charge in [0.2, 0.25) is 18.2 Å². The van der Waals surface area contributed by atoms with Crippen LogP contribution in [0.25, 0.3) is 0 Å². The average molecular weight is 394 g/mol. The van der Waals surface area contributed by atoms with E-state index in [9.17, 15) is 14.4 Å². The highest BCUT2D eigenvalue weighted by Gasteiger charge is 2.48. The molecule has 0 saturated carbocycles. The molecule has 2 fully saturated rings. The zero-order valence-corrected chi connectivity index (χ0v) is 16.6. The monoisotopic (exact) mass is 394 g/mol. The number of benzene rings is 1. The van der Waals surface area contributed by atoms with E-state index in [-0.39, 0.29) is 18.4 Å². The van der Waals surface area contributed by atoms with E-state index in [0.29, 0.717) is 19.5 Å². The van der Waals surface area contributed by atoms with Gasteiger partial charge in [0.25, 0.3) is 0 Å². The summed E-state index contributed by atoms with van der Waals surface area (Å²) in [5.74, 6) is -0.173. The number of nitrogens with zero attached hydrogens (tertiary/aromatic N) is 4. The SMILES string of the molecule is CN1CC(=O)N2C(CN(CC3=CC=CCC3)C(=O)[C@@H]2Cc2ccccc2)N1C=O. The number of carbonyl (C=O) groups excluding carboxylic acids is 3. The topological polar surface area (TPSA) is 64.2 Å². The number of amides is 3. The van der Waals surface area contributed by atoms with E-state index in [1.807, 2.05) is 41.3 Å². The molecule has 0 spiro atoms. The van der Waals surface area contributed by atoms with E-state index in [2.05, 4.69) is 12.2 Å².